The normalized spacial score (nSPS) is 22.9. The number of rotatable bonds is 13. The van der Waals surface area contributed by atoms with Gasteiger partial charge in [0.2, 0.25) is 5.91 Å². The summed E-state index contributed by atoms with van der Waals surface area (Å²) >= 11 is 0. The summed E-state index contributed by atoms with van der Waals surface area (Å²) in [5.74, 6) is 0.760. The topological polar surface area (TPSA) is 53.6 Å². The van der Waals surface area contributed by atoms with E-state index in [1.165, 1.54) is 11.3 Å². The van der Waals surface area contributed by atoms with Crippen molar-refractivity contribution in [3.63, 3.8) is 0 Å². The molecule has 0 unspecified atom stereocenters. The first-order chi connectivity index (χ1) is 23.0. The minimum absolute atomic E-state index is 0. The second kappa shape index (κ2) is 17.8. The Morgan fingerprint density at radius 1 is 1.12 bits per heavy atom. The number of nitrogens with one attached hydrogen (secondary N) is 2. The molecule has 1 saturated heterocycles. The fourth-order valence-corrected chi connectivity index (χ4v) is 7.83. The molecule has 272 valence electrons. The summed E-state index contributed by atoms with van der Waals surface area (Å²) in [5, 5.41) is 6.68. The predicted octanol–water partition coefficient (Wildman–Crippen LogP) is 10.2. The Labute approximate surface area is 295 Å². The molecule has 2 aromatic carbocycles. The van der Waals surface area contributed by atoms with Gasteiger partial charge >= 0.3 is 0 Å². The second-order valence-electron chi connectivity index (χ2n) is 14.9. The van der Waals surface area contributed by atoms with Crippen molar-refractivity contribution in [2.75, 3.05) is 27.4 Å². The van der Waals surface area contributed by atoms with Crippen molar-refractivity contribution < 1.29 is 16.8 Å². The molecule has 48 heavy (non-hydrogen) atoms. The SMILES string of the molecule is C=C(NC1CC(CCc2ccc([C@@](C)(CC)C(=O)NCOC)cc2-c2cccc(F)c2C2CCC2)C1)[C@@H]1CC(C)(C)CN1C.CC.CC.[HH].[HH]. The molecule has 1 amide bonds. The molecule has 2 N–H and O–H groups in total. The highest BCUT2D eigenvalue weighted by molar-refractivity contribution is 5.88. The van der Waals surface area contributed by atoms with Crippen LogP contribution in [0.15, 0.2) is 48.7 Å². The van der Waals surface area contributed by atoms with Crippen LogP contribution in [0.3, 0.4) is 0 Å². The Morgan fingerprint density at radius 3 is 2.38 bits per heavy atom. The van der Waals surface area contributed by atoms with Gasteiger partial charge in [0.15, 0.2) is 0 Å². The number of likely N-dealkylation sites (tertiary alicyclic amines) is 1. The third-order valence-corrected chi connectivity index (χ3v) is 11.0. The van der Waals surface area contributed by atoms with E-state index in [0.717, 1.165) is 80.2 Å². The molecule has 6 heteroatoms. The highest BCUT2D eigenvalue weighted by Crippen LogP contribution is 2.45. The third-order valence-electron chi connectivity index (χ3n) is 11.0. The molecule has 0 bridgehead atoms. The van der Waals surface area contributed by atoms with Crippen LogP contribution >= 0.6 is 0 Å². The molecule has 5 rings (SSSR count). The number of hydrogen-bond acceptors (Lipinski definition) is 4. The average molecular weight is 668 g/mol. The molecule has 1 aliphatic heterocycles. The van der Waals surface area contributed by atoms with Gasteiger partial charge in [-0.25, -0.2) is 4.39 Å². The van der Waals surface area contributed by atoms with E-state index in [1.807, 2.05) is 47.6 Å². The van der Waals surface area contributed by atoms with Crippen LogP contribution in [0, 0.1) is 17.2 Å². The first-order valence-corrected chi connectivity index (χ1v) is 18.8. The standard InChI is InChI=1S/C38H54FN3O2.2C2H6.2H2/c1-8-38(5,36(43)40-24-44-7)29-18-17-27(32(21-29)31-13-10-14-33(39)35(31)28-11-9-12-28)16-15-26-19-30(20-26)41-25(2)34-22-37(3,4)23-42(34)6;2*1-2;;/h10,13-14,17-18,21,26,28,30,34,41H,2,8-9,11-12,15-16,19-20,22-24H2,1,3-7H3,(H,40,43);2*1-2H3;2*1H/t26?,30?,34-,38+;;;;/m0..../s1. The monoisotopic (exact) mass is 668 g/mol. The number of amides is 1. The Morgan fingerprint density at radius 2 is 1.81 bits per heavy atom. The first-order valence-electron chi connectivity index (χ1n) is 18.8. The Balaban J connectivity index is 0.00000201. The van der Waals surface area contributed by atoms with Gasteiger partial charge in [0, 0.05) is 34.3 Å². The summed E-state index contributed by atoms with van der Waals surface area (Å²) in [4.78, 5) is 15.7. The summed E-state index contributed by atoms with van der Waals surface area (Å²) in [7, 11) is 3.79. The van der Waals surface area contributed by atoms with Crippen molar-refractivity contribution in [1.29, 1.82) is 0 Å². The molecule has 3 fully saturated rings. The minimum Gasteiger partial charge on any atom is -0.385 e. The van der Waals surface area contributed by atoms with E-state index >= 15 is 4.39 Å². The predicted molar refractivity (Wildman–Crippen MR) is 205 cm³/mol. The third kappa shape index (κ3) is 9.09. The summed E-state index contributed by atoms with van der Waals surface area (Å²) in [6.07, 6.45) is 9.37. The number of halogens is 1. The molecule has 0 aromatic heterocycles. The molecular formula is C42H70FN3O2. The zero-order chi connectivity index (χ0) is 35.6. The number of nitrogens with zero attached hydrogens (tertiary/aromatic N) is 1. The smallest absolute Gasteiger partial charge is 0.232 e. The minimum atomic E-state index is -0.715. The molecule has 3 aliphatic rings. The molecule has 2 aliphatic carbocycles. The maximum atomic E-state index is 15.4. The van der Waals surface area contributed by atoms with Crippen molar-refractivity contribution in [2.24, 2.45) is 11.3 Å². The van der Waals surface area contributed by atoms with Crippen LogP contribution in [0.25, 0.3) is 11.1 Å². The molecule has 2 atom stereocenters. The van der Waals surface area contributed by atoms with E-state index in [9.17, 15) is 4.79 Å². The van der Waals surface area contributed by atoms with Crippen LogP contribution < -0.4 is 10.6 Å². The van der Waals surface area contributed by atoms with Crippen molar-refractivity contribution in [2.45, 2.75) is 137 Å². The molecule has 2 saturated carbocycles. The Hall–Kier alpha value is -2.70. The quantitative estimate of drug-likeness (QED) is 0.209. The molecular weight excluding hydrogens is 597 g/mol. The van der Waals surface area contributed by atoms with Gasteiger partial charge in [0.1, 0.15) is 12.5 Å². The zero-order valence-electron chi connectivity index (χ0n) is 31.9. The van der Waals surface area contributed by atoms with Crippen LogP contribution in [-0.4, -0.2) is 50.3 Å². The van der Waals surface area contributed by atoms with E-state index in [1.54, 1.807) is 13.2 Å². The van der Waals surface area contributed by atoms with Gasteiger partial charge in [-0.1, -0.05) is 85.7 Å². The first kappa shape index (κ1) is 39.7. The highest BCUT2D eigenvalue weighted by Gasteiger charge is 2.39. The summed E-state index contributed by atoms with van der Waals surface area (Å²) in [5.41, 5.74) is 5.92. The Kier molecular flexibility index (Phi) is 14.7. The number of ether oxygens (including phenoxy) is 1. The number of carbonyl (C=O) groups is 1. The zero-order valence-corrected chi connectivity index (χ0v) is 31.9. The number of aryl methyl sites for hydroxylation is 1. The van der Waals surface area contributed by atoms with Gasteiger partial charge in [-0.3, -0.25) is 9.69 Å². The number of likely N-dealkylation sites (N-methyl/N-ethyl adjacent to an activating group) is 1. The number of methoxy groups -OCH3 is 1. The summed E-state index contributed by atoms with van der Waals surface area (Å²) in [6, 6.07) is 12.9. The highest BCUT2D eigenvalue weighted by atomic mass is 19.1. The van der Waals surface area contributed by atoms with Crippen LogP contribution in [0.2, 0.25) is 0 Å². The lowest BCUT2D eigenvalue weighted by Gasteiger charge is -2.39. The van der Waals surface area contributed by atoms with Crippen molar-refractivity contribution in [3.05, 3.63) is 71.2 Å². The van der Waals surface area contributed by atoms with Crippen LogP contribution in [0.1, 0.15) is 132 Å². The average Bonchev–Trinajstić information content (AvgIpc) is 3.33. The van der Waals surface area contributed by atoms with E-state index in [2.05, 4.69) is 67.3 Å². The van der Waals surface area contributed by atoms with Gasteiger partial charge in [-0.2, -0.15) is 0 Å². The van der Waals surface area contributed by atoms with E-state index in [-0.39, 0.29) is 27.2 Å². The molecule has 2 aromatic rings. The number of hydrogen-bond donors (Lipinski definition) is 2. The largest absolute Gasteiger partial charge is 0.385 e. The molecule has 0 radical (unpaired) electrons. The van der Waals surface area contributed by atoms with Crippen molar-refractivity contribution in [3.8, 4) is 11.1 Å². The number of benzene rings is 2. The maximum absolute atomic E-state index is 15.4. The summed E-state index contributed by atoms with van der Waals surface area (Å²) in [6.45, 7) is 22.4. The van der Waals surface area contributed by atoms with Crippen LogP contribution in [0.4, 0.5) is 4.39 Å². The lowest BCUT2D eigenvalue weighted by atomic mass is 9.73. The molecule has 5 nitrogen and oxygen atoms in total. The van der Waals surface area contributed by atoms with Gasteiger partial charge < -0.3 is 15.4 Å². The van der Waals surface area contributed by atoms with E-state index < -0.39 is 5.41 Å². The van der Waals surface area contributed by atoms with Crippen molar-refractivity contribution >= 4 is 5.91 Å². The number of carbonyl (C=O) groups excluding carboxylic acids is 1. The van der Waals surface area contributed by atoms with Gasteiger partial charge in [0.25, 0.3) is 0 Å². The van der Waals surface area contributed by atoms with Gasteiger partial charge in [-0.15, -0.1) is 0 Å². The van der Waals surface area contributed by atoms with Gasteiger partial charge in [0.05, 0.1) is 5.41 Å². The van der Waals surface area contributed by atoms with Crippen LogP contribution in [0.5, 0.6) is 0 Å². The second-order valence-corrected chi connectivity index (χ2v) is 14.9. The Bertz CT molecular complexity index is 1360. The molecule has 0 spiro atoms. The maximum Gasteiger partial charge on any atom is 0.232 e. The van der Waals surface area contributed by atoms with Crippen molar-refractivity contribution in [1.82, 2.24) is 15.5 Å². The lowest BCUT2D eigenvalue weighted by molar-refractivity contribution is -0.127. The lowest BCUT2D eigenvalue weighted by Crippen LogP contribution is -2.44. The van der Waals surface area contributed by atoms with E-state index in [4.69, 9.17) is 4.74 Å². The molecule has 1 heterocycles. The van der Waals surface area contributed by atoms with Gasteiger partial charge in [-0.05, 0) is 123 Å². The summed E-state index contributed by atoms with van der Waals surface area (Å²) < 4.78 is 20.5. The fourth-order valence-electron chi connectivity index (χ4n) is 7.83. The fraction of sp³-hybridized carbons (Fsp3) is 0.643. The van der Waals surface area contributed by atoms with Crippen LogP contribution in [-0.2, 0) is 21.4 Å². The van der Waals surface area contributed by atoms with E-state index in [0.29, 0.717) is 29.8 Å².